The predicted octanol–water partition coefficient (Wildman–Crippen LogP) is 2.57. The summed E-state index contributed by atoms with van der Waals surface area (Å²) in [4.78, 5) is 4.00. The number of rotatable bonds is 0. The van der Waals surface area contributed by atoms with Crippen molar-refractivity contribution >= 4 is 16.7 Å². The molecule has 0 atom stereocenters. The van der Waals surface area contributed by atoms with Gasteiger partial charge in [0, 0.05) is 24.8 Å². The normalized spacial score (nSPS) is 9.64. The molecule has 76 valence electrons. The van der Waals surface area contributed by atoms with Crippen LogP contribution in [0, 0.1) is 0 Å². The van der Waals surface area contributed by atoms with Crippen LogP contribution in [0.3, 0.4) is 0 Å². The molecule has 2 heterocycles. The number of hydrogen-bond acceptors (Lipinski definition) is 2. The van der Waals surface area contributed by atoms with E-state index >= 15 is 0 Å². The van der Waals surface area contributed by atoms with E-state index in [2.05, 4.69) is 18.8 Å². The summed E-state index contributed by atoms with van der Waals surface area (Å²) in [5.74, 6) is 0.593. The molecule has 0 unspecified atom stereocenters. The minimum absolute atomic E-state index is 0.593. The van der Waals surface area contributed by atoms with E-state index in [9.17, 15) is 0 Å². The van der Waals surface area contributed by atoms with Crippen LogP contribution in [0.4, 0.5) is 5.82 Å². The number of aryl methyl sites for hydroxylation is 1. The van der Waals surface area contributed by atoms with Gasteiger partial charge in [-0.15, -0.1) is 0 Å². The van der Waals surface area contributed by atoms with Gasteiger partial charge in [-0.25, -0.2) is 4.98 Å². The molecule has 3 heteroatoms. The second-order valence-electron chi connectivity index (χ2n) is 3.27. The molecule has 0 amide bonds. The van der Waals surface area contributed by atoms with E-state index < -0.39 is 0 Å². The standard InChI is InChI=1S/C8H9N3.C3H8/c1-11-5-3-6-2-4-10-8(9)7(6)11;1-3-2/h2-5H,1H3,(H2,9,10);3H2,1-2H3. The van der Waals surface area contributed by atoms with Gasteiger partial charge in [0.1, 0.15) is 5.82 Å². The van der Waals surface area contributed by atoms with Crippen LogP contribution in [-0.4, -0.2) is 9.55 Å². The molecule has 0 saturated heterocycles. The third kappa shape index (κ3) is 2.05. The molecule has 0 radical (unpaired) electrons. The lowest BCUT2D eigenvalue weighted by Crippen LogP contribution is -1.94. The zero-order chi connectivity index (χ0) is 10.6. The molecule has 0 aromatic carbocycles. The fourth-order valence-electron chi connectivity index (χ4n) is 1.27. The molecule has 0 spiro atoms. The first-order chi connectivity index (χ1) is 6.70. The van der Waals surface area contributed by atoms with E-state index in [1.807, 2.05) is 29.9 Å². The quantitative estimate of drug-likeness (QED) is 0.695. The highest BCUT2D eigenvalue weighted by Gasteiger charge is 2.00. The Morgan fingerprint density at radius 1 is 1.36 bits per heavy atom. The monoisotopic (exact) mass is 191 g/mol. The molecule has 0 aliphatic rings. The van der Waals surface area contributed by atoms with Gasteiger partial charge in [-0.05, 0) is 12.1 Å². The van der Waals surface area contributed by atoms with E-state index in [-0.39, 0.29) is 0 Å². The number of fused-ring (bicyclic) bond motifs is 1. The van der Waals surface area contributed by atoms with Gasteiger partial charge in [-0.1, -0.05) is 20.3 Å². The summed E-state index contributed by atoms with van der Waals surface area (Å²) in [5, 5.41) is 1.14. The van der Waals surface area contributed by atoms with Gasteiger partial charge in [0.15, 0.2) is 0 Å². The number of nitrogen functional groups attached to an aromatic ring is 1. The highest BCUT2D eigenvalue weighted by molar-refractivity contribution is 5.88. The molecule has 0 aliphatic heterocycles. The summed E-state index contributed by atoms with van der Waals surface area (Å²) in [7, 11) is 1.96. The van der Waals surface area contributed by atoms with Crippen LogP contribution < -0.4 is 5.73 Å². The lowest BCUT2D eigenvalue weighted by molar-refractivity contribution is 0.967. The van der Waals surface area contributed by atoms with Crippen LogP contribution in [0.25, 0.3) is 10.9 Å². The third-order valence-electron chi connectivity index (χ3n) is 1.81. The summed E-state index contributed by atoms with van der Waals surface area (Å²) in [5.41, 5.74) is 6.68. The Bertz CT molecular complexity index is 404. The molecule has 2 aromatic rings. The van der Waals surface area contributed by atoms with Crippen molar-refractivity contribution in [1.82, 2.24) is 9.55 Å². The zero-order valence-electron chi connectivity index (χ0n) is 8.99. The highest BCUT2D eigenvalue weighted by Crippen LogP contribution is 2.17. The molecular weight excluding hydrogens is 174 g/mol. The smallest absolute Gasteiger partial charge is 0.147 e. The molecule has 2 aromatic heterocycles. The maximum Gasteiger partial charge on any atom is 0.147 e. The maximum absolute atomic E-state index is 5.67. The second-order valence-corrected chi connectivity index (χ2v) is 3.27. The van der Waals surface area contributed by atoms with Crippen molar-refractivity contribution in [1.29, 1.82) is 0 Å². The molecule has 0 fully saturated rings. The van der Waals surface area contributed by atoms with E-state index in [1.54, 1.807) is 6.20 Å². The molecule has 0 bridgehead atoms. The number of aromatic nitrogens is 2. The molecule has 3 nitrogen and oxygen atoms in total. The topological polar surface area (TPSA) is 43.8 Å². The fourth-order valence-corrected chi connectivity index (χ4v) is 1.27. The first-order valence-corrected chi connectivity index (χ1v) is 4.86. The lowest BCUT2D eigenvalue weighted by Gasteiger charge is -1.97. The summed E-state index contributed by atoms with van der Waals surface area (Å²) in [6.07, 6.45) is 4.94. The number of nitrogens with two attached hydrogens (primary N) is 1. The summed E-state index contributed by atoms with van der Waals surface area (Å²) in [6.45, 7) is 4.25. The molecule has 0 aliphatic carbocycles. The van der Waals surface area contributed by atoms with Crippen LogP contribution in [-0.2, 0) is 7.05 Å². The molecule has 14 heavy (non-hydrogen) atoms. The second kappa shape index (κ2) is 4.65. The van der Waals surface area contributed by atoms with Crippen molar-refractivity contribution in [2.75, 3.05) is 5.73 Å². The van der Waals surface area contributed by atoms with Crippen LogP contribution in [0.15, 0.2) is 24.5 Å². The summed E-state index contributed by atoms with van der Waals surface area (Å²) >= 11 is 0. The van der Waals surface area contributed by atoms with E-state index in [0.29, 0.717) is 5.82 Å². The Morgan fingerprint density at radius 2 is 2.00 bits per heavy atom. The van der Waals surface area contributed by atoms with Crippen LogP contribution in [0.5, 0.6) is 0 Å². The number of anilines is 1. The van der Waals surface area contributed by atoms with Crippen molar-refractivity contribution in [3.8, 4) is 0 Å². The van der Waals surface area contributed by atoms with Crippen LogP contribution in [0.1, 0.15) is 20.3 Å². The first-order valence-electron chi connectivity index (χ1n) is 4.86. The zero-order valence-corrected chi connectivity index (χ0v) is 8.99. The summed E-state index contributed by atoms with van der Waals surface area (Å²) < 4.78 is 1.97. The highest BCUT2D eigenvalue weighted by atomic mass is 15.0. The van der Waals surface area contributed by atoms with Crippen molar-refractivity contribution in [2.45, 2.75) is 20.3 Å². The summed E-state index contributed by atoms with van der Waals surface area (Å²) in [6, 6.07) is 3.97. The Balaban J connectivity index is 0.000000293. The number of hydrogen-bond donors (Lipinski definition) is 1. The van der Waals surface area contributed by atoms with Crippen molar-refractivity contribution in [2.24, 2.45) is 7.05 Å². The number of nitrogens with zero attached hydrogens (tertiary/aromatic N) is 2. The van der Waals surface area contributed by atoms with Gasteiger partial charge in [0.25, 0.3) is 0 Å². The average Bonchev–Trinajstić information content (AvgIpc) is 2.51. The minimum atomic E-state index is 0.593. The van der Waals surface area contributed by atoms with Crippen molar-refractivity contribution < 1.29 is 0 Å². The van der Waals surface area contributed by atoms with Gasteiger partial charge in [0.05, 0.1) is 5.52 Å². The van der Waals surface area contributed by atoms with Gasteiger partial charge in [-0.3, -0.25) is 0 Å². The lowest BCUT2D eigenvalue weighted by atomic mass is 10.3. The fraction of sp³-hybridized carbons (Fsp3) is 0.364. The Morgan fingerprint density at radius 3 is 2.57 bits per heavy atom. The third-order valence-corrected chi connectivity index (χ3v) is 1.81. The first kappa shape index (κ1) is 10.6. The molecular formula is C11H17N3. The van der Waals surface area contributed by atoms with E-state index in [0.717, 1.165) is 10.9 Å². The van der Waals surface area contributed by atoms with E-state index in [4.69, 9.17) is 5.73 Å². The van der Waals surface area contributed by atoms with Crippen LogP contribution >= 0.6 is 0 Å². The average molecular weight is 191 g/mol. The van der Waals surface area contributed by atoms with Gasteiger partial charge >= 0.3 is 0 Å². The molecule has 2 N–H and O–H groups in total. The largest absolute Gasteiger partial charge is 0.382 e. The van der Waals surface area contributed by atoms with Gasteiger partial charge < -0.3 is 10.3 Å². The van der Waals surface area contributed by atoms with Crippen LogP contribution in [0.2, 0.25) is 0 Å². The Kier molecular flexibility index (Phi) is 3.51. The number of pyridine rings is 1. The maximum atomic E-state index is 5.67. The molecule has 2 rings (SSSR count). The van der Waals surface area contributed by atoms with E-state index in [1.165, 1.54) is 6.42 Å². The van der Waals surface area contributed by atoms with Crippen molar-refractivity contribution in [3.05, 3.63) is 24.5 Å². The van der Waals surface area contributed by atoms with Crippen molar-refractivity contribution in [3.63, 3.8) is 0 Å². The molecule has 0 saturated carbocycles. The Labute approximate surface area is 84.6 Å². The predicted molar refractivity (Wildman–Crippen MR) is 61.1 cm³/mol. The van der Waals surface area contributed by atoms with Gasteiger partial charge in [0.2, 0.25) is 0 Å². The SMILES string of the molecule is CCC.Cn1ccc2ccnc(N)c21. The minimum Gasteiger partial charge on any atom is -0.382 e. The Hall–Kier alpha value is -1.51. The van der Waals surface area contributed by atoms with Gasteiger partial charge in [-0.2, -0.15) is 0 Å².